The zero-order valence-corrected chi connectivity index (χ0v) is 17.8. The average Bonchev–Trinajstić information content (AvgIpc) is 2.79. The number of halogens is 1. The van der Waals surface area contributed by atoms with Crippen molar-refractivity contribution in [3.63, 3.8) is 0 Å². The zero-order valence-electron chi connectivity index (χ0n) is 17.1. The van der Waals surface area contributed by atoms with Crippen molar-refractivity contribution in [2.45, 2.75) is 13.5 Å². The van der Waals surface area contributed by atoms with E-state index in [1.165, 1.54) is 0 Å². The van der Waals surface area contributed by atoms with Gasteiger partial charge in [0.15, 0.2) is 6.61 Å². The number of hydrogen-bond donors (Lipinski definition) is 1. The monoisotopic (exact) mass is 438 g/mol. The molecule has 0 unspecified atom stereocenters. The Balaban J connectivity index is 1.40. The Morgan fingerprint density at radius 1 is 0.903 bits per heavy atom. The summed E-state index contributed by atoms with van der Waals surface area (Å²) in [5.74, 6) is 1.69. The van der Waals surface area contributed by atoms with Gasteiger partial charge in [-0.2, -0.15) is 5.10 Å². The summed E-state index contributed by atoms with van der Waals surface area (Å²) in [6.07, 6.45) is 1.55. The van der Waals surface area contributed by atoms with Crippen LogP contribution in [0.2, 0.25) is 5.02 Å². The minimum absolute atomic E-state index is 0.139. The van der Waals surface area contributed by atoms with Crippen LogP contribution >= 0.6 is 11.6 Å². The van der Waals surface area contributed by atoms with Crippen LogP contribution in [-0.2, 0) is 11.4 Å². The van der Waals surface area contributed by atoms with Gasteiger partial charge in [-0.15, -0.1) is 0 Å². The summed E-state index contributed by atoms with van der Waals surface area (Å²) in [6, 6.07) is 22.0. The molecule has 0 aromatic heterocycles. The summed E-state index contributed by atoms with van der Waals surface area (Å²) in [6.45, 7) is 2.76. The van der Waals surface area contributed by atoms with Gasteiger partial charge in [-0.05, 0) is 67.1 Å². The Kier molecular flexibility index (Phi) is 8.31. The number of rotatable bonds is 10. The highest BCUT2D eigenvalue weighted by Crippen LogP contribution is 2.19. The molecule has 160 valence electrons. The average molecular weight is 439 g/mol. The van der Waals surface area contributed by atoms with Crippen molar-refractivity contribution >= 4 is 23.7 Å². The first-order valence-corrected chi connectivity index (χ1v) is 10.2. The minimum atomic E-state index is -0.357. The van der Waals surface area contributed by atoms with E-state index in [0.29, 0.717) is 29.7 Å². The molecule has 0 radical (unpaired) electrons. The smallest absolute Gasteiger partial charge is 0.277 e. The van der Waals surface area contributed by atoms with Crippen molar-refractivity contribution in [3.05, 3.63) is 88.9 Å². The molecule has 0 heterocycles. The highest BCUT2D eigenvalue weighted by atomic mass is 35.5. The van der Waals surface area contributed by atoms with E-state index in [1.807, 2.05) is 55.5 Å². The standard InChI is InChI=1S/C24H23ClN2O4/c1-2-29-20-11-13-22(14-12-20)31-17-24(28)27-26-15-18-7-9-21(10-8-18)30-16-19-5-3-4-6-23(19)25/h3-15H,2,16-17H2,1H3,(H,27,28)/b26-15+. The largest absolute Gasteiger partial charge is 0.494 e. The van der Waals surface area contributed by atoms with Crippen LogP contribution in [0.5, 0.6) is 17.2 Å². The molecule has 0 aliphatic heterocycles. The van der Waals surface area contributed by atoms with Crippen molar-refractivity contribution in [3.8, 4) is 17.2 Å². The molecule has 7 heteroatoms. The molecule has 1 amide bonds. The fourth-order valence-electron chi connectivity index (χ4n) is 2.59. The predicted octanol–water partition coefficient (Wildman–Crippen LogP) is 4.85. The van der Waals surface area contributed by atoms with Gasteiger partial charge in [0.05, 0.1) is 12.8 Å². The van der Waals surface area contributed by atoms with Crippen LogP contribution in [-0.4, -0.2) is 25.3 Å². The van der Waals surface area contributed by atoms with Gasteiger partial charge < -0.3 is 14.2 Å². The lowest BCUT2D eigenvalue weighted by molar-refractivity contribution is -0.123. The number of amides is 1. The highest BCUT2D eigenvalue weighted by molar-refractivity contribution is 6.31. The van der Waals surface area contributed by atoms with Crippen LogP contribution in [0.3, 0.4) is 0 Å². The van der Waals surface area contributed by atoms with Gasteiger partial charge in [-0.1, -0.05) is 29.8 Å². The van der Waals surface area contributed by atoms with E-state index in [9.17, 15) is 4.79 Å². The molecule has 3 rings (SSSR count). The van der Waals surface area contributed by atoms with Gasteiger partial charge >= 0.3 is 0 Å². The van der Waals surface area contributed by atoms with Crippen molar-refractivity contribution in [2.24, 2.45) is 5.10 Å². The molecule has 6 nitrogen and oxygen atoms in total. The second-order valence-electron chi connectivity index (χ2n) is 6.44. The number of benzene rings is 3. The first kappa shape index (κ1) is 22.2. The fraction of sp³-hybridized carbons (Fsp3) is 0.167. The quantitative estimate of drug-likeness (QED) is 0.363. The van der Waals surface area contributed by atoms with Gasteiger partial charge in [-0.3, -0.25) is 4.79 Å². The van der Waals surface area contributed by atoms with E-state index >= 15 is 0 Å². The molecule has 3 aromatic carbocycles. The van der Waals surface area contributed by atoms with E-state index < -0.39 is 0 Å². The Hall–Kier alpha value is -3.51. The van der Waals surface area contributed by atoms with Crippen molar-refractivity contribution < 1.29 is 19.0 Å². The number of carbonyl (C=O) groups excluding carboxylic acids is 1. The van der Waals surface area contributed by atoms with Gasteiger partial charge in [0.25, 0.3) is 5.91 Å². The molecule has 31 heavy (non-hydrogen) atoms. The molecule has 0 aliphatic rings. The lowest BCUT2D eigenvalue weighted by Crippen LogP contribution is -2.24. The molecular weight excluding hydrogens is 416 g/mol. The predicted molar refractivity (Wildman–Crippen MR) is 121 cm³/mol. The second kappa shape index (κ2) is 11.6. The Morgan fingerprint density at radius 3 is 2.19 bits per heavy atom. The van der Waals surface area contributed by atoms with Crippen molar-refractivity contribution in [2.75, 3.05) is 13.2 Å². The highest BCUT2D eigenvalue weighted by Gasteiger charge is 2.03. The maximum Gasteiger partial charge on any atom is 0.277 e. The summed E-state index contributed by atoms with van der Waals surface area (Å²) in [7, 11) is 0. The van der Waals surface area contributed by atoms with E-state index in [-0.39, 0.29) is 12.5 Å². The molecule has 0 saturated carbocycles. The number of hydrazone groups is 1. The number of ether oxygens (including phenoxy) is 3. The molecule has 0 atom stereocenters. The third-order valence-corrected chi connectivity index (χ3v) is 4.51. The topological polar surface area (TPSA) is 69.2 Å². The molecular formula is C24H23ClN2O4. The number of carbonyl (C=O) groups is 1. The zero-order chi connectivity index (χ0) is 21.9. The maximum atomic E-state index is 11.9. The summed E-state index contributed by atoms with van der Waals surface area (Å²) in [5.41, 5.74) is 4.17. The van der Waals surface area contributed by atoms with Crippen molar-refractivity contribution in [1.82, 2.24) is 5.43 Å². The molecule has 0 fully saturated rings. The maximum absolute atomic E-state index is 11.9. The molecule has 3 aromatic rings. The number of hydrogen-bond acceptors (Lipinski definition) is 5. The summed E-state index contributed by atoms with van der Waals surface area (Å²) >= 11 is 6.13. The van der Waals surface area contributed by atoms with Crippen LogP contribution in [0, 0.1) is 0 Å². The summed E-state index contributed by atoms with van der Waals surface area (Å²) in [4.78, 5) is 11.9. The molecule has 0 aliphatic carbocycles. The van der Waals surface area contributed by atoms with Gasteiger partial charge in [0, 0.05) is 10.6 Å². The lowest BCUT2D eigenvalue weighted by Gasteiger charge is -2.08. The van der Waals surface area contributed by atoms with E-state index in [1.54, 1.807) is 30.5 Å². The summed E-state index contributed by atoms with van der Waals surface area (Å²) in [5, 5.41) is 4.62. The minimum Gasteiger partial charge on any atom is -0.494 e. The molecule has 0 spiro atoms. The van der Waals surface area contributed by atoms with Gasteiger partial charge in [-0.25, -0.2) is 5.43 Å². The van der Waals surface area contributed by atoms with E-state index in [4.69, 9.17) is 25.8 Å². The van der Waals surface area contributed by atoms with E-state index in [2.05, 4.69) is 10.5 Å². The Bertz CT molecular complexity index is 1000. The van der Waals surface area contributed by atoms with Crippen LogP contribution < -0.4 is 19.6 Å². The molecule has 0 saturated heterocycles. The number of nitrogens with one attached hydrogen (secondary N) is 1. The van der Waals surface area contributed by atoms with Crippen molar-refractivity contribution in [1.29, 1.82) is 0 Å². The first-order chi connectivity index (χ1) is 15.1. The van der Waals surface area contributed by atoms with Gasteiger partial charge in [0.2, 0.25) is 0 Å². The lowest BCUT2D eigenvalue weighted by atomic mass is 10.2. The first-order valence-electron chi connectivity index (χ1n) is 9.78. The summed E-state index contributed by atoms with van der Waals surface area (Å²) < 4.78 is 16.5. The normalized spacial score (nSPS) is 10.6. The van der Waals surface area contributed by atoms with Gasteiger partial charge in [0.1, 0.15) is 23.9 Å². The Morgan fingerprint density at radius 2 is 1.52 bits per heavy atom. The molecule has 0 bridgehead atoms. The van der Waals surface area contributed by atoms with Crippen LogP contribution in [0.1, 0.15) is 18.1 Å². The van der Waals surface area contributed by atoms with E-state index in [0.717, 1.165) is 16.9 Å². The SMILES string of the molecule is CCOc1ccc(OCC(=O)N/N=C/c2ccc(OCc3ccccc3Cl)cc2)cc1. The second-order valence-corrected chi connectivity index (χ2v) is 6.84. The number of nitrogens with zero attached hydrogens (tertiary/aromatic N) is 1. The van der Waals surface area contributed by atoms with Crippen LogP contribution in [0.25, 0.3) is 0 Å². The third-order valence-electron chi connectivity index (χ3n) is 4.14. The van der Waals surface area contributed by atoms with Crippen LogP contribution in [0.15, 0.2) is 77.9 Å². The third kappa shape index (κ3) is 7.35. The van der Waals surface area contributed by atoms with Crippen LogP contribution in [0.4, 0.5) is 0 Å². The fourth-order valence-corrected chi connectivity index (χ4v) is 2.78. The Labute approximate surface area is 186 Å². The molecule has 1 N–H and O–H groups in total.